The third-order valence-corrected chi connectivity index (χ3v) is 6.37. The number of H-pyrrole nitrogens is 2. The zero-order valence-corrected chi connectivity index (χ0v) is 17.5. The molecule has 1 aliphatic rings. The van der Waals surface area contributed by atoms with Gasteiger partial charge in [0, 0.05) is 48.5 Å². The maximum atomic E-state index is 12.7. The van der Waals surface area contributed by atoms with Crippen molar-refractivity contribution in [3.8, 4) is 11.4 Å². The van der Waals surface area contributed by atoms with E-state index in [4.69, 9.17) is 10.7 Å². The molecule has 1 aromatic carbocycles. The van der Waals surface area contributed by atoms with Crippen LogP contribution in [0.2, 0.25) is 0 Å². The van der Waals surface area contributed by atoms with Gasteiger partial charge in [0.15, 0.2) is 0 Å². The van der Waals surface area contributed by atoms with Crippen molar-refractivity contribution in [2.45, 2.75) is 18.8 Å². The number of likely N-dealkylation sites (tertiary alicyclic amines) is 1. The van der Waals surface area contributed by atoms with Crippen molar-refractivity contribution in [3.63, 3.8) is 0 Å². The number of fused-ring (bicyclic) bond motifs is 2. The van der Waals surface area contributed by atoms with Crippen LogP contribution >= 0.6 is 0 Å². The van der Waals surface area contributed by atoms with Crippen LogP contribution in [-0.4, -0.2) is 48.2 Å². The quantitative estimate of drug-likeness (QED) is 0.408. The topological polar surface area (TPSA) is 108 Å². The number of anilines is 1. The first-order valence-electron chi connectivity index (χ1n) is 10.8. The fourth-order valence-corrected chi connectivity index (χ4v) is 4.74. The lowest BCUT2D eigenvalue weighted by molar-refractivity contribution is 0.0705. The number of para-hydroxylation sites is 1. The van der Waals surface area contributed by atoms with Crippen LogP contribution in [0.4, 0.5) is 5.82 Å². The van der Waals surface area contributed by atoms with Crippen LogP contribution in [0.15, 0.2) is 61.1 Å². The van der Waals surface area contributed by atoms with Crippen LogP contribution in [0.3, 0.4) is 0 Å². The molecule has 8 nitrogen and oxygen atoms in total. The summed E-state index contributed by atoms with van der Waals surface area (Å²) in [6.45, 7) is 1.39. The minimum absolute atomic E-state index is 0.0497. The third kappa shape index (κ3) is 2.95. The molecule has 0 radical (unpaired) electrons. The number of nitrogens with one attached hydrogen (secondary N) is 2. The summed E-state index contributed by atoms with van der Waals surface area (Å²) in [7, 11) is 0. The zero-order valence-electron chi connectivity index (χ0n) is 17.5. The zero-order chi connectivity index (χ0) is 21.7. The van der Waals surface area contributed by atoms with Gasteiger partial charge in [-0.15, -0.1) is 0 Å². The number of nitrogens with two attached hydrogens (primary N) is 1. The number of hydrogen-bond acceptors (Lipinski definition) is 4. The van der Waals surface area contributed by atoms with E-state index in [9.17, 15) is 4.79 Å². The summed E-state index contributed by atoms with van der Waals surface area (Å²) in [6.07, 6.45) is 7.11. The number of rotatable bonds is 3. The highest BCUT2D eigenvalue weighted by Crippen LogP contribution is 2.35. The molecule has 0 unspecified atom stereocenters. The largest absolute Gasteiger partial charge is 0.382 e. The third-order valence-electron chi connectivity index (χ3n) is 6.37. The number of amides is 1. The Hall–Kier alpha value is -4.07. The second-order valence-electron chi connectivity index (χ2n) is 8.27. The lowest BCUT2D eigenvalue weighted by atomic mass is 9.95. The van der Waals surface area contributed by atoms with E-state index in [1.807, 2.05) is 35.4 Å². The minimum Gasteiger partial charge on any atom is -0.382 e. The summed E-state index contributed by atoms with van der Waals surface area (Å²) in [5, 5.41) is 1.13. The summed E-state index contributed by atoms with van der Waals surface area (Å²) in [4.78, 5) is 30.4. The maximum Gasteiger partial charge on any atom is 0.270 e. The normalized spacial score (nSPS) is 15.1. The molecule has 4 N–H and O–H groups in total. The molecule has 0 bridgehead atoms. The van der Waals surface area contributed by atoms with Crippen molar-refractivity contribution in [1.29, 1.82) is 0 Å². The second kappa shape index (κ2) is 7.26. The number of piperidine rings is 1. The lowest BCUT2D eigenvalue weighted by Crippen LogP contribution is -2.38. The Labute approximate surface area is 184 Å². The number of imidazole rings is 1. The minimum atomic E-state index is 0.0497. The summed E-state index contributed by atoms with van der Waals surface area (Å²) >= 11 is 0. The Kier molecular flexibility index (Phi) is 4.24. The first-order chi connectivity index (χ1) is 15.7. The van der Waals surface area contributed by atoms with Gasteiger partial charge in [0.25, 0.3) is 5.91 Å². The van der Waals surface area contributed by atoms with Crippen LogP contribution in [0.5, 0.6) is 0 Å². The highest BCUT2D eigenvalue weighted by atomic mass is 16.2. The molecule has 1 saturated heterocycles. The predicted molar refractivity (Wildman–Crippen MR) is 123 cm³/mol. The average Bonchev–Trinajstić information content (AvgIpc) is 3.57. The van der Waals surface area contributed by atoms with Crippen molar-refractivity contribution in [2.24, 2.45) is 0 Å². The Bertz CT molecular complexity index is 1390. The SMILES string of the molecule is Nc1nccn2c(C3CCN(C(=O)c4ccc[nH]4)CC3)nc(-c3cc4ccccc4[nH]3)c12. The van der Waals surface area contributed by atoms with Gasteiger partial charge in [-0.1, -0.05) is 18.2 Å². The molecule has 1 fully saturated rings. The maximum absolute atomic E-state index is 12.7. The Morgan fingerprint density at radius 3 is 2.75 bits per heavy atom. The van der Waals surface area contributed by atoms with E-state index in [0.717, 1.165) is 46.5 Å². The van der Waals surface area contributed by atoms with Crippen molar-refractivity contribution >= 4 is 28.1 Å². The molecule has 8 heteroatoms. The van der Waals surface area contributed by atoms with Gasteiger partial charge in [-0.25, -0.2) is 9.97 Å². The molecule has 4 aromatic heterocycles. The van der Waals surface area contributed by atoms with E-state index >= 15 is 0 Å². The summed E-state index contributed by atoms with van der Waals surface area (Å²) in [6, 6.07) is 13.9. The number of carbonyl (C=O) groups excluding carboxylic acids is 1. The number of aromatic amines is 2. The van der Waals surface area contributed by atoms with Gasteiger partial charge in [-0.05, 0) is 37.1 Å². The molecule has 32 heavy (non-hydrogen) atoms. The summed E-state index contributed by atoms with van der Waals surface area (Å²) < 4.78 is 2.07. The number of nitrogens with zero attached hydrogens (tertiary/aromatic N) is 4. The molecule has 5 heterocycles. The molecule has 160 valence electrons. The number of aromatic nitrogens is 5. The van der Waals surface area contributed by atoms with E-state index in [1.54, 1.807) is 12.4 Å². The van der Waals surface area contributed by atoms with Crippen molar-refractivity contribution in [1.82, 2.24) is 29.2 Å². The first kappa shape index (κ1) is 18.7. The molecule has 5 aromatic rings. The van der Waals surface area contributed by atoms with Crippen molar-refractivity contribution in [3.05, 3.63) is 72.6 Å². The molecule has 6 rings (SSSR count). The summed E-state index contributed by atoms with van der Waals surface area (Å²) in [5.41, 5.74) is 10.6. The first-order valence-corrected chi connectivity index (χ1v) is 10.8. The van der Waals surface area contributed by atoms with Gasteiger partial charge in [-0.2, -0.15) is 0 Å². The highest BCUT2D eigenvalue weighted by Gasteiger charge is 2.29. The van der Waals surface area contributed by atoms with Crippen LogP contribution in [0, 0.1) is 0 Å². The standard InChI is InChI=1S/C24H23N7O/c25-22-21-20(19-14-16-4-1-2-5-17(16)28-19)29-23(31(21)13-10-27-22)15-7-11-30(12-8-15)24(32)18-6-3-9-26-18/h1-6,9-10,13-15,26,28H,7-8,11-12H2,(H2,25,27). The van der Waals surface area contributed by atoms with Crippen LogP contribution in [0.1, 0.15) is 35.1 Å². The smallest absolute Gasteiger partial charge is 0.270 e. The van der Waals surface area contributed by atoms with Gasteiger partial charge in [0.05, 0.1) is 5.69 Å². The number of benzene rings is 1. The molecule has 0 atom stereocenters. The predicted octanol–water partition coefficient (Wildman–Crippen LogP) is 3.81. The van der Waals surface area contributed by atoms with E-state index in [-0.39, 0.29) is 11.8 Å². The fraction of sp³-hybridized carbons (Fsp3) is 0.208. The van der Waals surface area contributed by atoms with Crippen LogP contribution in [0.25, 0.3) is 27.8 Å². The van der Waals surface area contributed by atoms with E-state index < -0.39 is 0 Å². The van der Waals surface area contributed by atoms with Gasteiger partial charge >= 0.3 is 0 Å². The molecular formula is C24H23N7O. The molecule has 0 spiro atoms. The van der Waals surface area contributed by atoms with E-state index in [0.29, 0.717) is 24.6 Å². The lowest BCUT2D eigenvalue weighted by Gasteiger charge is -2.31. The molecule has 0 saturated carbocycles. The molecule has 1 amide bonds. The molecule has 0 aliphatic carbocycles. The molecular weight excluding hydrogens is 402 g/mol. The molecule has 1 aliphatic heterocycles. The Morgan fingerprint density at radius 1 is 1.12 bits per heavy atom. The number of nitrogen functional groups attached to an aromatic ring is 1. The van der Waals surface area contributed by atoms with Crippen molar-refractivity contribution in [2.75, 3.05) is 18.8 Å². The Morgan fingerprint density at radius 2 is 1.97 bits per heavy atom. The van der Waals surface area contributed by atoms with Crippen molar-refractivity contribution < 1.29 is 4.79 Å². The Balaban J connectivity index is 1.35. The van der Waals surface area contributed by atoms with Crippen LogP contribution in [-0.2, 0) is 0 Å². The van der Waals surface area contributed by atoms with Gasteiger partial charge in [0.1, 0.15) is 28.5 Å². The highest BCUT2D eigenvalue weighted by molar-refractivity contribution is 5.93. The van der Waals surface area contributed by atoms with E-state index in [1.165, 1.54) is 0 Å². The van der Waals surface area contributed by atoms with E-state index in [2.05, 4.69) is 37.6 Å². The number of carbonyl (C=O) groups is 1. The average molecular weight is 425 g/mol. The van der Waals surface area contributed by atoms with Crippen LogP contribution < -0.4 is 5.73 Å². The van der Waals surface area contributed by atoms with Gasteiger partial charge in [-0.3, -0.25) is 9.20 Å². The summed E-state index contributed by atoms with van der Waals surface area (Å²) in [5.74, 6) is 1.71. The van der Waals surface area contributed by atoms with Gasteiger partial charge in [0.2, 0.25) is 0 Å². The fourth-order valence-electron chi connectivity index (χ4n) is 4.74. The number of hydrogen-bond donors (Lipinski definition) is 3. The second-order valence-corrected chi connectivity index (χ2v) is 8.27. The van der Waals surface area contributed by atoms with Gasteiger partial charge < -0.3 is 20.6 Å². The monoisotopic (exact) mass is 425 g/mol.